The Morgan fingerprint density at radius 3 is 3.00 bits per heavy atom. The van der Waals surface area contributed by atoms with Crippen LogP contribution in [0.15, 0.2) is 16.0 Å². The summed E-state index contributed by atoms with van der Waals surface area (Å²) in [6.45, 7) is 4.28. The first-order valence-electron chi connectivity index (χ1n) is 4.94. The molecule has 0 radical (unpaired) electrons. The Labute approximate surface area is 102 Å². The molecule has 0 aromatic carbocycles. The van der Waals surface area contributed by atoms with Gasteiger partial charge in [0.2, 0.25) is 0 Å². The van der Waals surface area contributed by atoms with Crippen molar-refractivity contribution in [1.82, 2.24) is 10.1 Å². The minimum atomic E-state index is 0.512. The second-order valence-electron chi connectivity index (χ2n) is 3.57. The van der Waals surface area contributed by atoms with Crippen LogP contribution in [-0.2, 0) is 5.75 Å². The van der Waals surface area contributed by atoms with Gasteiger partial charge in [-0.3, -0.25) is 0 Å². The summed E-state index contributed by atoms with van der Waals surface area (Å²) < 4.78 is 5.17. The lowest BCUT2D eigenvalue weighted by molar-refractivity contribution is 0.425. The van der Waals surface area contributed by atoms with Crippen molar-refractivity contribution < 1.29 is 4.52 Å². The van der Waals surface area contributed by atoms with Crippen molar-refractivity contribution in [3.05, 3.63) is 17.3 Å². The molecule has 4 nitrogen and oxygen atoms in total. The van der Waals surface area contributed by atoms with Crippen LogP contribution >= 0.6 is 23.1 Å². The monoisotopic (exact) mass is 255 g/mol. The highest BCUT2D eigenvalue weighted by Crippen LogP contribution is 2.29. The van der Waals surface area contributed by atoms with Crippen molar-refractivity contribution in [3.8, 4) is 11.5 Å². The average molecular weight is 255 g/mol. The molecular formula is C10H13N3OS2. The number of nitrogen functional groups attached to an aromatic ring is 1. The molecule has 2 N–H and O–H groups in total. The number of hydrogen-bond acceptors (Lipinski definition) is 6. The third-order valence-electron chi connectivity index (χ3n) is 1.94. The predicted octanol–water partition coefficient (Wildman–Crippen LogP) is 3.02. The van der Waals surface area contributed by atoms with E-state index in [0.717, 1.165) is 17.1 Å². The Morgan fingerprint density at radius 2 is 2.38 bits per heavy atom. The number of thiophene rings is 1. The number of aromatic nitrogens is 2. The molecule has 0 saturated carbocycles. The Bertz CT molecular complexity index is 464. The van der Waals surface area contributed by atoms with Crippen LogP contribution in [-0.4, -0.2) is 15.4 Å². The number of thioether (sulfide) groups is 1. The van der Waals surface area contributed by atoms with Gasteiger partial charge in [0.1, 0.15) is 0 Å². The molecule has 0 aliphatic heterocycles. The van der Waals surface area contributed by atoms with Crippen molar-refractivity contribution in [1.29, 1.82) is 0 Å². The summed E-state index contributed by atoms with van der Waals surface area (Å²) in [7, 11) is 0. The van der Waals surface area contributed by atoms with E-state index in [1.54, 1.807) is 11.8 Å². The number of nitrogens with zero attached hydrogens (tertiary/aromatic N) is 2. The molecule has 16 heavy (non-hydrogen) atoms. The third-order valence-corrected chi connectivity index (χ3v) is 3.78. The van der Waals surface area contributed by atoms with Gasteiger partial charge in [0.15, 0.2) is 5.82 Å². The van der Waals surface area contributed by atoms with Crippen LogP contribution in [0.3, 0.4) is 0 Å². The lowest BCUT2D eigenvalue weighted by Crippen LogP contribution is -1.90. The molecule has 2 aromatic rings. The van der Waals surface area contributed by atoms with Crippen molar-refractivity contribution in [2.45, 2.75) is 24.9 Å². The Hall–Kier alpha value is -1.01. The zero-order chi connectivity index (χ0) is 11.5. The number of rotatable bonds is 4. The fourth-order valence-corrected chi connectivity index (χ4v) is 2.39. The highest BCUT2D eigenvalue weighted by atomic mass is 32.2. The van der Waals surface area contributed by atoms with Crippen LogP contribution < -0.4 is 5.73 Å². The van der Waals surface area contributed by atoms with Crippen LogP contribution in [0.5, 0.6) is 0 Å². The maximum atomic E-state index is 5.79. The Balaban J connectivity index is 2.11. The fraction of sp³-hybridized carbons (Fsp3) is 0.400. The van der Waals surface area contributed by atoms with E-state index in [1.807, 2.05) is 11.4 Å². The molecule has 2 aromatic heterocycles. The van der Waals surface area contributed by atoms with Gasteiger partial charge in [-0.05, 0) is 16.7 Å². The summed E-state index contributed by atoms with van der Waals surface area (Å²) in [5.74, 6) is 2.00. The quantitative estimate of drug-likeness (QED) is 0.909. The molecule has 0 atom stereocenters. The second kappa shape index (κ2) is 4.88. The minimum Gasteiger partial charge on any atom is -0.390 e. The van der Waals surface area contributed by atoms with Gasteiger partial charge >= 0.3 is 0 Å². The van der Waals surface area contributed by atoms with Gasteiger partial charge in [0.25, 0.3) is 5.89 Å². The van der Waals surface area contributed by atoms with Crippen molar-refractivity contribution in [2.75, 3.05) is 5.73 Å². The first-order valence-corrected chi connectivity index (χ1v) is 6.87. The van der Waals surface area contributed by atoms with E-state index in [1.165, 1.54) is 11.3 Å². The van der Waals surface area contributed by atoms with Gasteiger partial charge in [-0.15, -0.1) is 11.3 Å². The maximum absolute atomic E-state index is 5.79. The Morgan fingerprint density at radius 1 is 1.56 bits per heavy atom. The SMILES string of the molecule is CC(C)SCc1noc(-c2ccsc2N)n1. The second-order valence-corrected chi connectivity index (χ2v) is 6.09. The van der Waals surface area contributed by atoms with Crippen LogP contribution in [0.4, 0.5) is 5.00 Å². The standard InChI is InChI=1S/C10H13N3OS2/c1-6(2)16-5-8-12-10(14-13-8)7-3-4-15-9(7)11/h3-4,6H,5,11H2,1-2H3. The van der Waals surface area contributed by atoms with Crippen LogP contribution in [0.1, 0.15) is 19.7 Å². The molecule has 0 amide bonds. The molecule has 0 fully saturated rings. The van der Waals surface area contributed by atoms with E-state index in [0.29, 0.717) is 16.1 Å². The smallest absolute Gasteiger partial charge is 0.260 e. The first kappa shape index (κ1) is 11.5. The molecule has 0 aliphatic rings. The molecule has 86 valence electrons. The zero-order valence-electron chi connectivity index (χ0n) is 9.14. The normalized spacial score (nSPS) is 11.2. The minimum absolute atomic E-state index is 0.512. The van der Waals surface area contributed by atoms with Gasteiger partial charge in [-0.25, -0.2) is 0 Å². The number of anilines is 1. The largest absolute Gasteiger partial charge is 0.390 e. The molecule has 6 heteroatoms. The summed E-state index contributed by atoms with van der Waals surface area (Å²) in [6, 6.07) is 1.90. The lowest BCUT2D eigenvalue weighted by atomic mass is 10.3. The van der Waals surface area contributed by atoms with E-state index < -0.39 is 0 Å². The molecular weight excluding hydrogens is 242 g/mol. The Kier molecular flexibility index (Phi) is 3.50. The van der Waals surface area contributed by atoms with Crippen molar-refractivity contribution >= 4 is 28.1 Å². The lowest BCUT2D eigenvalue weighted by Gasteiger charge is -1.98. The summed E-state index contributed by atoms with van der Waals surface area (Å²) in [5.41, 5.74) is 6.62. The van der Waals surface area contributed by atoms with Crippen LogP contribution in [0.2, 0.25) is 0 Å². The highest BCUT2D eigenvalue weighted by molar-refractivity contribution is 7.99. The molecule has 0 spiro atoms. The molecule has 0 saturated heterocycles. The molecule has 0 unspecified atom stereocenters. The first-order chi connectivity index (χ1) is 7.66. The van der Waals surface area contributed by atoms with Gasteiger partial charge in [-0.1, -0.05) is 19.0 Å². The fourth-order valence-electron chi connectivity index (χ4n) is 1.16. The van der Waals surface area contributed by atoms with Crippen molar-refractivity contribution in [3.63, 3.8) is 0 Å². The summed E-state index contributed by atoms with van der Waals surface area (Å²) in [5, 5.41) is 7.12. The molecule has 0 aliphatic carbocycles. The summed E-state index contributed by atoms with van der Waals surface area (Å²) in [4.78, 5) is 4.31. The molecule has 2 heterocycles. The van der Waals surface area contributed by atoms with Gasteiger partial charge in [-0.2, -0.15) is 16.7 Å². The van der Waals surface area contributed by atoms with Gasteiger partial charge < -0.3 is 10.3 Å². The maximum Gasteiger partial charge on any atom is 0.260 e. The number of nitrogens with two attached hydrogens (primary N) is 1. The average Bonchev–Trinajstić information content (AvgIpc) is 2.83. The van der Waals surface area contributed by atoms with E-state index in [9.17, 15) is 0 Å². The van der Waals surface area contributed by atoms with E-state index in [2.05, 4.69) is 24.0 Å². The van der Waals surface area contributed by atoms with E-state index in [4.69, 9.17) is 10.3 Å². The predicted molar refractivity (Wildman–Crippen MR) is 68.5 cm³/mol. The zero-order valence-corrected chi connectivity index (χ0v) is 10.8. The van der Waals surface area contributed by atoms with Crippen LogP contribution in [0, 0.1) is 0 Å². The van der Waals surface area contributed by atoms with E-state index >= 15 is 0 Å². The van der Waals surface area contributed by atoms with Crippen LogP contribution in [0.25, 0.3) is 11.5 Å². The summed E-state index contributed by atoms with van der Waals surface area (Å²) >= 11 is 3.26. The molecule has 2 rings (SSSR count). The highest BCUT2D eigenvalue weighted by Gasteiger charge is 2.12. The summed E-state index contributed by atoms with van der Waals surface area (Å²) in [6.07, 6.45) is 0. The number of hydrogen-bond donors (Lipinski definition) is 1. The van der Waals surface area contributed by atoms with E-state index in [-0.39, 0.29) is 0 Å². The third kappa shape index (κ3) is 2.56. The van der Waals surface area contributed by atoms with Gasteiger partial charge in [0, 0.05) is 0 Å². The topological polar surface area (TPSA) is 64.9 Å². The van der Waals surface area contributed by atoms with Gasteiger partial charge in [0.05, 0.1) is 16.3 Å². The van der Waals surface area contributed by atoms with Crippen molar-refractivity contribution in [2.24, 2.45) is 0 Å². The molecule has 0 bridgehead atoms.